The summed E-state index contributed by atoms with van der Waals surface area (Å²) in [7, 11) is 0. The first-order chi connectivity index (χ1) is 4.95. The van der Waals surface area contributed by atoms with Crippen molar-refractivity contribution in [3.05, 3.63) is 0 Å². The maximum atomic E-state index is 9.67. The van der Waals surface area contributed by atoms with E-state index in [1.807, 2.05) is 20.8 Å². The smallest absolute Gasteiger partial charge is 0.0789 e. The molecule has 0 aromatic heterocycles. The third kappa shape index (κ3) is 1.55. The highest BCUT2D eigenvalue weighted by Gasteiger charge is 2.40. The molecule has 4 atom stereocenters. The third-order valence-corrected chi connectivity index (χ3v) is 2.57. The quantitative estimate of drug-likeness (QED) is 0.528. The van der Waals surface area contributed by atoms with Crippen LogP contribution in [0.1, 0.15) is 20.8 Å². The van der Waals surface area contributed by atoms with Crippen molar-refractivity contribution in [2.75, 3.05) is 6.61 Å². The van der Waals surface area contributed by atoms with Crippen LogP contribution in [0.3, 0.4) is 0 Å². The van der Waals surface area contributed by atoms with Crippen LogP contribution in [-0.4, -0.2) is 29.5 Å². The minimum Gasteiger partial charge on any atom is -0.391 e. The van der Waals surface area contributed by atoms with Gasteiger partial charge in [-0.25, -0.2) is 0 Å². The Bertz CT molecular complexity index is 147. The fourth-order valence-corrected chi connectivity index (χ4v) is 1.41. The fraction of sp³-hybridized carbons (Fsp3) is 1.00. The van der Waals surface area contributed by atoms with Crippen molar-refractivity contribution in [1.29, 1.82) is 0 Å². The molecule has 0 amide bonds. The van der Waals surface area contributed by atoms with Gasteiger partial charge in [-0.05, 0) is 13.8 Å². The molecule has 1 heterocycles. The molecule has 3 heteroatoms. The lowest BCUT2D eigenvalue weighted by atomic mass is 9.82. The Kier molecular flexibility index (Phi) is 2.23. The van der Waals surface area contributed by atoms with E-state index in [1.54, 1.807) is 0 Å². The summed E-state index contributed by atoms with van der Waals surface area (Å²) in [6, 6.07) is 0. The molecule has 0 aromatic rings. The number of ether oxygens (including phenoxy) is 1. The zero-order valence-corrected chi connectivity index (χ0v) is 7.37. The van der Waals surface area contributed by atoms with E-state index in [1.165, 1.54) is 0 Å². The molecular formula is C8H17NO2. The second kappa shape index (κ2) is 2.73. The molecule has 1 rings (SSSR count). The molecule has 0 spiro atoms. The minimum absolute atomic E-state index is 0.113. The SMILES string of the molecule is CC1OCC(C)(N)C(O)C1C. The van der Waals surface area contributed by atoms with Crippen molar-refractivity contribution in [3.8, 4) is 0 Å². The van der Waals surface area contributed by atoms with Gasteiger partial charge in [0.25, 0.3) is 0 Å². The van der Waals surface area contributed by atoms with E-state index >= 15 is 0 Å². The zero-order chi connectivity index (χ0) is 8.65. The van der Waals surface area contributed by atoms with Crippen LogP contribution in [0.15, 0.2) is 0 Å². The largest absolute Gasteiger partial charge is 0.391 e. The molecule has 0 radical (unpaired) electrons. The number of nitrogens with two attached hydrogens (primary N) is 1. The lowest BCUT2D eigenvalue weighted by Gasteiger charge is -2.42. The van der Waals surface area contributed by atoms with Crippen LogP contribution in [0.5, 0.6) is 0 Å². The first kappa shape index (κ1) is 8.97. The molecule has 1 fully saturated rings. The Morgan fingerprint density at radius 2 is 2.09 bits per heavy atom. The van der Waals surface area contributed by atoms with Gasteiger partial charge in [-0.2, -0.15) is 0 Å². The molecule has 3 N–H and O–H groups in total. The van der Waals surface area contributed by atoms with Gasteiger partial charge in [-0.3, -0.25) is 0 Å². The maximum absolute atomic E-state index is 9.67. The average molecular weight is 159 g/mol. The van der Waals surface area contributed by atoms with E-state index in [0.29, 0.717) is 6.61 Å². The Morgan fingerprint density at radius 1 is 1.55 bits per heavy atom. The van der Waals surface area contributed by atoms with Crippen molar-refractivity contribution in [1.82, 2.24) is 0 Å². The van der Waals surface area contributed by atoms with E-state index in [-0.39, 0.29) is 12.0 Å². The number of hydrogen-bond donors (Lipinski definition) is 2. The van der Waals surface area contributed by atoms with Gasteiger partial charge in [0.1, 0.15) is 0 Å². The highest BCUT2D eigenvalue weighted by molar-refractivity contribution is 4.95. The molecule has 0 saturated carbocycles. The van der Waals surface area contributed by atoms with Crippen molar-refractivity contribution in [2.45, 2.75) is 38.5 Å². The van der Waals surface area contributed by atoms with Crippen LogP contribution in [0.2, 0.25) is 0 Å². The number of aliphatic hydroxyl groups excluding tert-OH is 1. The third-order valence-electron chi connectivity index (χ3n) is 2.57. The van der Waals surface area contributed by atoms with Crippen LogP contribution in [0, 0.1) is 5.92 Å². The summed E-state index contributed by atoms with van der Waals surface area (Å²) in [4.78, 5) is 0. The molecule has 4 unspecified atom stereocenters. The molecule has 11 heavy (non-hydrogen) atoms. The van der Waals surface area contributed by atoms with Crippen molar-refractivity contribution < 1.29 is 9.84 Å². The highest BCUT2D eigenvalue weighted by Crippen LogP contribution is 2.26. The predicted molar refractivity (Wildman–Crippen MR) is 43.2 cm³/mol. The molecule has 0 bridgehead atoms. The van der Waals surface area contributed by atoms with Gasteiger partial charge in [0.2, 0.25) is 0 Å². The Morgan fingerprint density at radius 3 is 2.55 bits per heavy atom. The number of rotatable bonds is 0. The summed E-state index contributed by atoms with van der Waals surface area (Å²) in [5, 5.41) is 9.67. The number of hydrogen-bond acceptors (Lipinski definition) is 3. The molecular weight excluding hydrogens is 142 g/mol. The summed E-state index contributed by atoms with van der Waals surface area (Å²) in [6.07, 6.45) is -0.340. The van der Waals surface area contributed by atoms with Crippen LogP contribution in [0.4, 0.5) is 0 Å². The van der Waals surface area contributed by atoms with Gasteiger partial charge in [-0.15, -0.1) is 0 Å². The first-order valence-electron chi connectivity index (χ1n) is 4.03. The first-order valence-corrected chi connectivity index (χ1v) is 4.03. The minimum atomic E-state index is -0.577. The van der Waals surface area contributed by atoms with Gasteiger partial charge in [-0.1, -0.05) is 6.92 Å². The van der Waals surface area contributed by atoms with Crippen LogP contribution in [0.25, 0.3) is 0 Å². The van der Waals surface area contributed by atoms with Gasteiger partial charge >= 0.3 is 0 Å². The van der Waals surface area contributed by atoms with Crippen molar-refractivity contribution in [2.24, 2.45) is 11.7 Å². The van der Waals surface area contributed by atoms with Crippen LogP contribution >= 0.6 is 0 Å². The van der Waals surface area contributed by atoms with Crippen LogP contribution in [-0.2, 0) is 4.74 Å². The molecule has 0 aliphatic carbocycles. The lowest BCUT2D eigenvalue weighted by molar-refractivity contribution is -0.121. The van der Waals surface area contributed by atoms with Gasteiger partial charge in [0.05, 0.1) is 24.4 Å². The molecule has 1 saturated heterocycles. The van der Waals surface area contributed by atoms with E-state index in [2.05, 4.69) is 0 Å². The predicted octanol–water partition coefficient (Wildman–Crippen LogP) is 0.119. The van der Waals surface area contributed by atoms with Crippen molar-refractivity contribution in [3.63, 3.8) is 0 Å². The van der Waals surface area contributed by atoms with Gasteiger partial charge < -0.3 is 15.6 Å². The summed E-state index contributed by atoms with van der Waals surface area (Å²) in [6.45, 7) is 6.18. The fourth-order valence-electron chi connectivity index (χ4n) is 1.41. The molecule has 0 aromatic carbocycles. The summed E-state index contributed by atoms with van der Waals surface area (Å²) >= 11 is 0. The lowest BCUT2D eigenvalue weighted by Crippen LogP contribution is -2.60. The van der Waals surface area contributed by atoms with Crippen molar-refractivity contribution >= 4 is 0 Å². The van der Waals surface area contributed by atoms with E-state index in [9.17, 15) is 5.11 Å². The molecule has 1 aliphatic rings. The molecule has 66 valence electrons. The van der Waals surface area contributed by atoms with E-state index in [4.69, 9.17) is 10.5 Å². The Labute approximate surface area is 67.5 Å². The summed E-state index contributed by atoms with van der Waals surface area (Å²) in [5.41, 5.74) is 5.22. The molecule has 1 aliphatic heterocycles. The van der Waals surface area contributed by atoms with E-state index < -0.39 is 11.6 Å². The Balaban J connectivity index is 2.67. The standard InChI is InChI=1S/C8H17NO2/c1-5-6(2)11-4-8(3,9)7(5)10/h5-7,10H,4,9H2,1-3H3. The second-order valence-corrected chi connectivity index (χ2v) is 3.83. The maximum Gasteiger partial charge on any atom is 0.0789 e. The van der Waals surface area contributed by atoms with Gasteiger partial charge in [0, 0.05) is 5.92 Å². The topological polar surface area (TPSA) is 55.5 Å². The second-order valence-electron chi connectivity index (χ2n) is 3.83. The van der Waals surface area contributed by atoms with Gasteiger partial charge in [0.15, 0.2) is 0 Å². The number of aliphatic hydroxyl groups is 1. The van der Waals surface area contributed by atoms with Crippen LogP contribution < -0.4 is 5.73 Å². The van der Waals surface area contributed by atoms with E-state index in [0.717, 1.165) is 0 Å². The molecule has 3 nitrogen and oxygen atoms in total. The average Bonchev–Trinajstić information content (AvgIpc) is 1.95. The zero-order valence-electron chi connectivity index (χ0n) is 7.37. The normalized spacial score (nSPS) is 52.6. The monoisotopic (exact) mass is 159 g/mol. The Hall–Kier alpha value is -0.120. The highest BCUT2D eigenvalue weighted by atomic mass is 16.5. The summed E-state index contributed by atoms with van der Waals surface area (Å²) < 4.78 is 5.39. The summed E-state index contributed by atoms with van der Waals surface area (Å²) in [5.74, 6) is 0.124.